The molecule has 0 bridgehead atoms. The largest absolute Gasteiger partial charge is 0.505 e. The highest BCUT2D eigenvalue weighted by molar-refractivity contribution is 7.90. The summed E-state index contributed by atoms with van der Waals surface area (Å²) in [5.41, 5.74) is 6.00. The summed E-state index contributed by atoms with van der Waals surface area (Å²) in [7, 11) is -3.32. The Morgan fingerprint density at radius 1 is 1.42 bits per heavy atom. The molecular formula is C11H13N3O4S. The molecule has 0 aliphatic carbocycles. The maximum Gasteiger partial charge on any atom is 0.261 e. The maximum atomic E-state index is 11.4. The van der Waals surface area contributed by atoms with Crippen LogP contribution in [0.3, 0.4) is 0 Å². The molecule has 0 radical (unpaired) electrons. The van der Waals surface area contributed by atoms with E-state index in [4.69, 9.17) is 10.3 Å². The number of phenolic OH excluding ortho intramolecular Hbond substituents is 1. The molecule has 2 rings (SSSR count). The standard InChI is InChI=1S/C11H13N3O4S/c1-6(19(2,16)17)10-13-11(18-14-10)7-4-3-5-8(12)9(7)15/h3-6,15H,12H2,1-2H3. The molecule has 19 heavy (non-hydrogen) atoms. The van der Waals surface area contributed by atoms with E-state index < -0.39 is 15.1 Å². The topological polar surface area (TPSA) is 119 Å². The second kappa shape index (κ2) is 4.54. The Balaban J connectivity index is 2.45. The predicted octanol–water partition coefficient (Wildman–Crippen LogP) is 1.13. The molecule has 0 fully saturated rings. The molecule has 1 heterocycles. The summed E-state index contributed by atoms with van der Waals surface area (Å²) in [5, 5.41) is 12.5. The van der Waals surface area contributed by atoms with Crippen molar-refractivity contribution in [3.8, 4) is 17.2 Å². The number of para-hydroxylation sites is 1. The van der Waals surface area contributed by atoms with Gasteiger partial charge in [0.25, 0.3) is 5.89 Å². The molecule has 2 aromatic rings. The molecule has 1 aromatic heterocycles. The number of nitrogen functional groups attached to an aromatic ring is 1. The molecule has 0 saturated heterocycles. The quantitative estimate of drug-likeness (QED) is 0.640. The zero-order valence-corrected chi connectivity index (χ0v) is 11.2. The number of rotatable bonds is 3. The third-order valence-electron chi connectivity index (χ3n) is 2.75. The van der Waals surface area contributed by atoms with Gasteiger partial charge in [0, 0.05) is 6.26 Å². The SMILES string of the molecule is CC(c1noc(-c2cccc(N)c2O)n1)S(C)(=O)=O. The van der Waals surface area contributed by atoms with Crippen molar-refractivity contribution in [2.45, 2.75) is 12.2 Å². The van der Waals surface area contributed by atoms with Gasteiger partial charge in [-0.1, -0.05) is 11.2 Å². The van der Waals surface area contributed by atoms with Crippen LogP contribution in [0.5, 0.6) is 5.75 Å². The maximum absolute atomic E-state index is 11.4. The van der Waals surface area contributed by atoms with E-state index in [-0.39, 0.29) is 28.7 Å². The van der Waals surface area contributed by atoms with Crippen molar-refractivity contribution in [3.63, 3.8) is 0 Å². The molecule has 1 aromatic carbocycles. The van der Waals surface area contributed by atoms with Gasteiger partial charge in [0.1, 0.15) is 5.25 Å². The number of phenols is 1. The lowest BCUT2D eigenvalue weighted by Crippen LogP contribution is -2.09. The van der Waals surface area contributed by atoms with Crippen LogP contribution in [0, 0.1) is 0 Å². The fraction of sp³-hybridized carbons (Fsp3) is 0.273. The molecule has 102 valence electrons. The summed E-state index contributed by atoms with van der Waals surface area (Å²) in [6.07, 6.45) is 1.09. The lowest BCUT2D eigenvalue weighted by atomic mass is 10.2. The van der Waals surface area contributed by atoms with Gasteiger partial charge in [0.05, 0.1) is 11.3 Å². The van der Waals surface area contributed by atoms with Gasteiger partial charge in [0.15, 0.2) is 21.4 Å². The minimum Gasteiger partial charge on any atom is -0.505 e. The Labute approximate surface area is 110 Å². The van der Waals surface area contributed by atoms with Crippen LogP contribution >= 0.6 is 0 Å². The van der Waals surface area contributed by atoms with Crippen molar-refractivity contribution in [3.05, 3.63) is 24.0 Å². The highest BCUT2D eigenvalue weighted by atomic mass is 32.2. The number of anilines is 1. The molecular weight excluding hydrogens is 270 g/mol. The summed E-state index contributed by atoms with van der Waals surface area (Å²) >= 11 is 0. The number of benzene rings is 1. The molecule has 0 amide bonds. The highest BCUT2D eigenvalue weighted by Gasteiger charge is 2.24. The fourth-order valence-electron chi connectivity index (χ4n) is 1.43. The van der Waals surface area contributed by atoms with Crippen molar-refractivity contribution in [1.82, 2.24) is 10.1 Å². The third-order valence-corrected chi connectivity index (χ3v) is 4.24. The highest BCUT2D eigenvalue weighted by Crippen LogP contribution is 2.33. The van der Waals surface area contributed by atoms with E-state index in [0.29, 0.717) is 0 Å². The van der Waals surface area contributed by atoms with Crippen LogP contribution < -0.4 is 5.73 Å². The molecule has 7 nitrogen and oxygen atoms in total. The van der Waals surface area contributed by atoms with Crippen LogP contribution in [0.4, 0.5) is 5.69 Å². The number of aromatic hydroxyl groups is 1. The third kappa shape index (κ3) is 2.53. The Morgan fingerprint density at radius 3 is 2.74 bits per heavy atom. The zero-order chi connectivity index (χ0) is 14.2. The number of nitrogens with two attached hydrogens (primary N) is 1. The van der Waals surface area contributed by atoms with Gasteiger partial charge in [-0.15, -0.1) is 0 Å². The van der Waals surface area contributed by atoms with E-state index in [9.17, 15) is 13.5 Å². The lowest BCUT2D eigenvalue weighted by Gasteiger charge is -2.03. The summed E-state index contributed by atoms with van der Waals surface area (Å²) in [5.74, 6) is -0.112. The minimum absolute atomic E-state index is 0.0234. The first kappa shape index (κ1) is 13.3. The van der Waals surface area contributed by atoms with Crippen LogP contribution in [0.15, 0.2) is 22.7 Å². The van der Waals surface area contributed by atoms with Crippen molar-refractivity contribution < 1.29 is 18.0 Å². The second-order valence-corrected chi connectivity index (χ2v) is 6.54. The normalized spacial score (nSPS) is 13.4. The first-order chi connectivity index (χ1) is 8.80. The van der Waals surface area contributed by atoms with Crippen LogP contribution in [-0.4, -0.2) is 29.9 Å². The van der Waals surface area contributed by atoms with E-state index in [1.807, 2.05) is 0 Å². The lowest BCUT2D eigenvalue weighted by molar-refractivity contribution is 0.417. The second-order valence-electron chi connectivity index (χ2n) is 4.17. The van der Waals surface area contributed by atoms with E-state index >= 15 is 0 Å². The Kier molecular flexibility index (Phi) is 3.19. The average molecular weight is 283 g/mol. The zero-order valence-electron chi connectivity index (χ0n) is 10.4. The monoisotopic (exact) mass is 283 g/mol. The molecule has 0 spiro atoms. The van der Waals surface area contributed by atoms with E-state index in [0.717, 1.165) is 6.26 Å². The van der Waals surface area contributed by atoms with Crippen LogP contribution in [-0.2, 0) is 9.84 Å². The summed E-state index contributed by atoms with van der Waals surface area (Å²) in [6.45, 7) is 1.46. The minimum atomic E-state index is -3.32. The summed E-state index contributed by atoms with van der Waals surface area (Å²) < 4.78 is 27.8. The van der Waals surface area contributed by atoms with Crippen LogP contribution in [0.2, 0.25) is 0 Å². The summed E-state index contributed by atoms with van der Waals surface area (Å²) in [4.78, 5) is 3.98. The summed E-state index contributed by atoms with van der Waals surface area (Å²) in [6, 6.07) is 4.69. The molecule has 3 N–H and O–H groups in total. The van der Waals surface area contributed by atoms with Crippen molar-refractivity contribution >= 4 is 15.5 Å². The van der Waals surface area contributed by atoms with Gasteiger partial charge in [0.2, 0.25) is 0 Å². The van der Waals surface area contributed by atoms with Crippen molar-refractivity contribution in [2.75, 3.05) is 12.0 Å². The van der Waals surface area contributed by atoms with Gasteiger partial charge in [-0.05, 0) is 19.1 Å². The molecule has 0 aliphatic rings. The van der Waals surface area contributed by atoms with Crippen LogP contribution in [0.1, 0.15) is 18.0 Å². The molecule has 0 saturated carbocycles. The van der Waals surface area contributed by atoms with Gasteiger partial charge in [-0.25, -0.2) is 8.42 Å². The number of aromatic nitrogens is 2. The van der Waals surface area contributed by atoms with Gasteiger partial charge >= 0.3 is 0 Å². The molecule has 8 heteroatoms. The van der Waals surface area contributed by atoms with Crippen molar-refractivity contribution in [1.29, 1.82) is 0 Å². The fourth-order valence-corrected chi connectivity index (χ4v) is 1.91. The molecule has 1 atom stereocenters. The van der Waals surface area contributed by atoms with Crippen LogP contribution in [0.25, 0.3) is 11.5 Å². The van der Waals surface area contributed by atoms with Gasteiger partial charge in [-0.2, -0.15) is 4.98 Å². The average Bonchev–Trinajstić information content (AvgIpc) is 2.79. The van der Waals surface area contributed by atoms with Crippen molar-refractivity contribution in [2.24, 2.45) is 0 Å². The number of sulfone groups is 1. The number of hydrogen-bond donors (Lipinski definition) is 2. The first-order valence-corrected chi connectivity index (χ1v) is 7.36. The Bertz CT molecular complexity index is 708. The molecule has 0 aliphatic heterocycles. The first-order valence-electron chi connectivity index (χ1n) is 5.41. The number of nitrogens with zero attached hydrogens (tertiary/aromatic N) is 2. The van der Waals surface area contributed by atoms with E-state index in [1.165, 1.54) is 13.0 Å². The Morgan fingerprint density at radius 2 is 2.11 bits per heavy atom. The molecule has 1 unspecified atom stereocenters. The van der Waals surface area contributed by atoms with E-state index in [2.05, 4.69) is 10.1 Å². The van der Waals surface area contributed by atoms with Gasteiger partial charge < -0.3 is 15.4 Å². The Hall–Kier alpha value is -2.09. The van der Waals surface area contributed by atoms with E-state index in [1.54, 1.807) is 12.1 Å². The number of hydrogen-bond acceptors (Lipinski definition) is 7. The van der Waals surface area contributed by atoms with Gasteiger partial charge in [-0.3, -0.25) is 0 Å². The smallest absolute Gasteiger partial charge is 0.261 e. The predicted molar refractivity (Wildman–Crippen MR) is 69.1 cm³/mol.